The van der Waals surface area contributed by atoms with Gasteiger partial charge >= 0.3 is 0 Å². The third-order valence-corrected chi connectivity index (χ3v) is 5.40. The Morgan fingerprint density at radius 2 is 1.38 bits per heavy atom. The van der Waals surface area contributed by atoms with E-state index in [1.165, 1.54) is 24.0 Å². The van der Waals surface area contributed by atoms with Crippen LogP contribution in [0.15, 0.2) is 60.7 Å². The van der Waals surface area contributed by atoms with Crippen LogP contribution in [-0.2, 0) is 13.1 Å². The molecular formula is C21H25N5. The number of benzene rings is 2. The molecule has 1 saturated carbocycles. The fourth-order valence-corrected chi connectivity index (χ4v) is 3.99. The highest BCUT2D eigenvalue weighted by Crippen LogP contribution is 2.34. The molecule has 0 atom stereocenters. The molecule has 0 unspecified atom stereocenters. The topological polar surface area (TPSA) is 57.7 Å². The second-order valence-electron chi connectivity index (χ2n) is 7.15. The first-order chi connectivity index (χ1) is 12.9. The Labute approximate surface area is 154 Å². The summed E-state index contributed by atoms with van der Waals surface area (Å²) in [4.78, 5) is 2.64. The lowest BCUT2D eigenvalue weighted by Gasteiger charge is -2.36. The number of aromatic nitrogens is 4. The van der Waals surface area contributed by atoms with E-state index in [4.69, 9.17) is 0 Å². The molecule has 5 heteroatoms. The summed E-state index contributed by atoms with van der Waals surface area (Å²) >= 11 is 0. The van der Waals surface area contributed by atoms with Crippen LogP contribution in [-0.4, -0.2) is 31.6 Å². The summed E-state index contributed by atoms with van der Waals surface area (Å²) in [5.41, 5.74) is 2.76. The van der Waals surface area contributed by atoms with Gasteiger partial charge in [0.25, 0.3) is 0 Å². The van der Waals surface area contributed by atoms with Crippen molar-refractivity contribution in [1.82, 2.24) is 25.5 Å². The SMILES string of the molecule is c1ccc(CN(Cc2ccccc2)[C@H]2CC[C@H](c3nn[nH]n3)CC2)cc1. The lowest BCUT2D eigenvalue weighted by atomic mass is 9.84. The maximum Gasteiger partial charge on any atom is 0.177 e. The molecule has 26 heavy (non-hydrogen) atoms. The number of nitrogens with one attached hydrogen (secondary N) is 1. The highest BCUT2D eigenvalue weighted by Gasteiger charge is 2.28. The van der Waals surface area contributed by atoms with Crippen LogP contribution in [0.3, 0.4) is 0 Å². The second kappa shape index (κ2) is 8.23. The van der Waals surface area contributed by atoms with Gasteiger partial charge < -0.3 is 0 Å². The zero-order chi connectivity index (χ0) is 17.6. The van der Waals surface area contributed by atoms with Crippen LogP contribution < -0.4 is 0 Å². The average Bonchev–Trinajstić information content (AvgIpc) is 3.24. The summed E-state index contributed by atoms with van der Waals surface area (Å²) in [5, 5.41) is 14.7. The average molecular weight is 347 g/mol. The van der Waals surface area contributed by atoms with Gasteiger partial charge in [0, 0.05) is 25.0 Å². The summed E-state index contributed by atoms with van der Waals surface area (Å²) in [5.74, 6) is 1.32. The van der Waals surface area contributed by atoms with Crippen molar-refractivity contribution in [3.8, 4) is 0 Å². The van der Waals surface area contributed by atoms with E-state index in [2.05, 4.69) is 86.2 Å². The molecule has 0 bridgehead atoms. The summed E-state index contributed by atoms with van der Waals surface area (Å²) in [7, 11) is 0. The van der Waals surface area contributed by atoms with Gasteiger partial charge in [-0.05, 0) is 36.8 Å². The first-order valence-electron chi connectivity index (χ1n) is 9.44. The van der Waals surface area contributed by atoms with E-state index < -0.39 is 0 Å². The number of H-pyrrole nitrogens is 1. The van der Waals surface area contributed by atoms with Gasteiger partial charge in [-0.3, -0.25) is 4.90 Å². The first-order valence-corrected chi connectivity index (χ1v) is 9.44. The quantitative estimate of drug-likeness (QED) is 0.734. The monoisotopic (exact) mass is 347 g/mol. The Morgan fingerprint density at radius 1 is 0.808 bits per heavy atom. The maximum absolute atomic E-state index is 4.18. The molecule has 0 amide bonds. The van der Waals surface area contributed by atoms with Crippen LogP contribution in [0.4, 0.5) is 0 Å². The Morgan fingerprint density at radius 3 is 1.88 bits per heavy atom. The van der Waals surface area contributed by atoms with Crippen molar-refractivity contribution < 1.29 is 0 Å². The molecule has 3 aromatic rings. The molecule has 0 aliphatic heterocycles. The van der Waals surface area contributed by atoms with E-state index in [1.807, 2.05) is 0 Å². The predicted molar refractivity (Wildman–Crippen MR) is 101 cm³/mol. The van der Waals surface area contributed by atoms with E-state index in [1.54, 1.807) is 0 Å². The summed E-state index contributed by atoms with van der Waals surface area (Å²) < 4.78 is 0. The lowest BCUT2D eigenvalue weighted by molar-refractivity contribution is 0.132. The molecule has 134 valence electrons. The minimum Gasteiger partial charge on any atom is -0.292 e. The number of hydrogen-bond donors (Lipinski definition) is 1. The van der Waals surface area contributed by atoms with Crippen molar-refractivity contribution in [3.63, 3.8) is 0 Å². The number of aromatic amines is 1. The van der Waals surface area contributed by atoms with Gasteiger partial charge in [-0.1, -0.05) is 65.9 Å². The molecule has 2 aromatic carbocycles. The maximum atomic E-state index is 4.18. The third-order valence-electron chi connectivity index (χ3n) is 5.40. The van der Waals surface area contributed by atoms with Gasteiger partial charge in [0.1, 0.15) is 0 Å². The Balaban J connectivity index is 1.45. The summed E-state index contributed by atoms with van der Waals surface area (Å²) in [6.07, 6.45) is 4.62. The molecule has 1 N–H and O–H groups in total. The van der Waals surface area contributed by atoms with Crippen molar-refractivity contribution in [2.45, 2.75) is 50.7 Å². The van der Waals surface area contributed by atoms with Gasteiger partial charge in [0.15, 0.2) is 5.82 Å². The van der Waals surface area contributed by atoms with Gasteiger partial charge in [-0.2, -0.15) is 5.21 Å². The lowest BCUT2D eigenvalue weighted by Crippen LogP contribution is -2.37. The second-order valence-corrected chi connectivity index (χ2v) is 7.15. The molecule has 1 aliphatic rings. The van der Waals surface area contributed by atoms with Crippen molar-refractivity contribution in [1.29, 1.82) is 0 Å². The van der Waals surface area contributed by atoms with E-state index >= 15 is 0 Å². The molecule has 1 aromatic heterocycles. The van der Waals surface area contributed by atoms with Gasteiger partial charge in [-0.15, -0.1) is 10.2 Å². The molecule has 1 heterocycles. The van der Waals surface area contributed by atoms with Gasteiger partial charge in [-0.25, -0.2) is 0 Å². The zero-order valence-electron chi connectivity index (χ0n) is 15.0. The van der Waals surface area contributed by atoms with Gasteiger partial charge in [0.05, 0.1) is 0 Å². The number of tetrazole rings is 1. The number of hydrogen-bond acceptors (Lipinski definition) is 4. The molecule has 1 fully saturated rings. The molecule has 4 rings (SSSR count). The normalized spacial score (nSPS) is 20.3. The van der Waals surface area contributed by atoms with Crippen LogP contribution in [0.25, 0.3) is 0 Å². The molecular weight excluding hydrogens is 322 g/mol. The zero-order valence-corrected chi connectivity index (χ0v) is 15.0. The van der Waals surface area contributed by atoms with E-state index in [9.17, 15) is 0 Å². The number of rotatable bonds is 6. The molecule has 0 spiro atoms. The van der Waals surface area contributed by atoms with E-state index in [0.717, 1.165) is 31.8 Å². The minimum atomic E-state index is 0.445. The minimum absolute atomic E-state index is 0.445. The molecule has 5 nitrogen and oxygen atoms in total. The van der Waals surface area contributed by atoms with Gasteiger partial charge in [0.2, 0.25) is 0 Å². The number of nitrogens with zero attached hydrogens (tertiary/aromatic N) is 4. The van der Waals surface area contributed by atoms with E-state index in [-0.39, 0.29) is 0 Å². The standard InChI is InChI=1S/C21H25N5/c1-3-7-17(8-4-1)15-26(16-18-9-5-2-6-10-18)20-13-11-19(12-14-20)21-22-24-25-23-21/h1-10,19-20H,11-16H2,(H,22,23,24,25)/t19-,20-. The van der Waals surface area contributed by atoms with Crippen molar-refractivity contribution in [2.75, 3.05) is 0 Å². The Bertz CT molecular complexity index is 723. The smallest absolute Gasteiger partial charge is 0.177 e. The van der Waals surface area contributed by atoms with E-state index in [0.29, 0.717) is 12.0 Å². The Hall–Kier alpha value is -2.53. The predicted octanol–water partition coefficient (Wildman–Crippen LogP) is 3.93. The Kier molecular flexibility index (Phi) is 5.36. The largest absolute Gasteiger partial charge is 0.292 e. The van der Waals surface area contributed by atoms with Crippen molar-refractivity contribution in [3.05, 3.63) is 77.6 Å². The van der Waals surface area contributed by atoms with Crippen LogP contribution >= 0.6 is 0 Å². The fraction of sp³-hybridized carbons (Fsp3) is 0.381. The molecule has 0 saturated heterocycles. The molecule has 0 radical (unpaired) electrons. The van der Waals surface area contributed by atoms with Crippen molar-refractivity contribution >= 4 is 0 Å². The summed E-state index contributed by atoms with van der Waals surface area (Å²) in [6, 6.07) is 22.2. The fourth-order valence-electron chi connectivity index (χ4n) is 3.99. The van der Waals surface area contributed by atoms with Crippen LogP contribution in [0.5, 0.6) is 0 Å². The van der Waals surface area contributed by atoms with Crippen LogP contribution in [0.2, 0.25) is 0 Å². The van der Waals surface area contributed by atoms with Crippen LogP contribution in [0, 0.1) is 0 Å². The highest BCUT2D eigenvalue weighted by molar-refractivity contribution is 5.17. The first kappa shape index (κ1) is 16.9. The third kappa shape index (κ3) is 4.17. The highest BCUT2D eigenvalue weighted by atomic mass is 15.5. The summed E-state index contributed by atoms with van der Waals surface area (Å²) in [6.45, 7) is 1.99. The van der Waals surface area contributed by atoms with Crippen molar-refractivity contribution in [2.24, 2.45) is 0 Å². The van der Waals surface area contributed by atoms with Crippen LogP contribution in [0.1, 0.15) is 48.6 Å². The molecule has 1 aliphatic carbocycles.